The summed E-state index contributed by atoms with van der Waals surface area (Å²) in [5.74, 6) is -0.247. The second kappa shape index (κ2) is 10.5. The average molecular weight is 481 g/mol. The average Bonchev–Trinajstić information content (AvgIpc) is 3.23. The molecule has 9 heteroatoms. The van der Waals surface area contributed by atoms with Gasteiger partial charge in [0.25, 0.3) is 6.01 Å². The molecule has 3 heterocycles. The van der Waals surface area contributed by atoms with Gasteiger partial charge in [-0.3, -0.25) is 4.79 Å². The van der Waals surface area contributed by atoms with Crippen LogP contribution in [0.4, 0.5) is 0 Å². The van der Waals surface area contributed by atoms with Crippen molar-refractivity contribution in [3.63, 3.8) is 0 Å². The van der Waals surface area contributed by atoms with Crippen LogP contribution >= 0.6 is 11.6 Å². The van der Waals surface area contributed by atoms with Crippen molar-refractivity contribution in [2.45, 2.75) is 38.7 Å². The number of aromatic amines is 1. The van der Waals surface area contributed by atoms with Crippen LogP contribution in [0.25, 0.3) is 33.5 Å². The first-order valence-corrected chi connectivity index (χ1v) is 11.4. The Morgan fingerprint density at radius 3 is 2.65 bits per heavy atom. The maximum atomic E-state index is 10.8. The third kappa shape index (κ3) is 5.28. The maximum Gasteiger partial charge on any atom is 0.303 e. The van der Waals surface area contributed by atoms with Crippen molar-refractivity contribution >= 4 is 28.7 Å². The minimum Gasteiger partial charge on any atom is -0.481 e. The van der Waals surface area contributed by atoms with E-state index >= 15 is 0 Å². The second-order valence-electron chi connectivity index (χ2n) is 7.80. The summed E-state index contributed by atoms with van der Waals surface area (Å²) in [4.78, 5) is 27.2. The summed E-state index contributed by atoms with van der Waals surface area (Å²) in [6.07, 6.45) is 3.59. The third-order valence-electron chi connectivity index (χ3n) is 5.49. The lowest BCUT2D eigenvalue weighted by Gasteiger charge is -2.14. The maximum absolute atomic E-state index is 10.8. The lowest BCUT2D eigenvalue weighted by Crippen LogP contribution is -2.16. The Morgan fingerprint density at radius 2 is 1.94 bits per heavy atom. The topological polar surface area (TPSA) is 110 Å². The normalized spacial score (nSPS) is 12.0. The molecule has 34 heavy (non-hydrogen) atoms. The zero-order valence-electron chi connectivity index (χ0n) is 18.9. The van der Waals surface area contributed by atoms with Gasteiger partial charge in [0, 0.05) is 23.7 Å². The van der Waals surface area contributed by atoms with Gasteiger partial charge >= 0.3 is 5.97 Å². The first-order chi connectivity index (χ1) is 16.5. The second-order valence-corrected chi connectivity index (χ2v) is 8.21. The molecule has 1 atom stereocenters. The number of fused-ring (bicyclic) bond motifs is 1. The molecule has 0 aliphatic carbocycles. The number of aliphatic carboxylic acids is 1. The van der Waals surface area contributed by atoms with Crippen LogP contribution < -0.4 is 9.47 Å². The fourth-order valence-electron chi connectivity index (χ4n) is 3.72. The summed E-state index contributed by atoms with van der Waals surface area (Å²) in [7, 11) is 1.60. The fourth-order valence-corrected chi connectivity index (χ4v) is 3.98. The Kier molecular flexibility index (Phi) is 7.27. The number of hydrogen-bond donors (Lipinski definition) is 2. The number of hydrogen-bond acceptors (Lipinski definition) is 6. The van der Waals surface area contributed by atoms with Crippen molar-refractivity contribution in [2.24, 2.45) is 0 Å². The Bertz CT molecular complexity index is 1290. The molecule has 0 saturated carbocycles. The van der Waals surface area contributed by atoms with Gasteiger partial charge in [0.05, 0.1) is 23.3 Å². The number of halogens is 1. The molecular weight excluding hydrogens is 456 g/mol. The van der Waals surface area contributed by atoms with Gasteiger partial charge in [-0.05, 0) is 43.0 Å². The van der Waals surface area contributed by atoms with E-state index in [1.807, 2.05) is 43.3 Å². The molecule has 8 nitrogen and oxygen atoms in total. The number of benzene rings is 1. The highest BCUT2D eigenvalue weighted by Gasteiger charge is 2.16. The summed E-state index contributed by atoms with van der Waals surface area (Å²) in [6, 6.07) is 13.8. The lowest BCUT2D eigenvalue weighted by molar-refractivity contribution is -0.137. The molecule has 0 bridgehead atoms. The molecule has 1 aromatic carbocycles. The highest BCUT2D eigenvalue weighted by atomic mass is 35.5. The minimum atomic E-state index is -0.808. The van der Waals surface area contributed by atoms with Gasteiger partial charge in [0.1, 0.15) is 6.10 Å². The van der Waals surface area contributed by atoms with Gasteiger partial charge in [-0.2, -0.15) is 4.98 Å². The Labute approximate surface area is 202 Å². The first kappa shape index (κ1) is 23.5. The lowest BCUT2D eigenvalue weighted by atomic mass is 10.0. The van der Waals surface area contributed by atoms with Crippen molar-refractivity contribution in [3.8, 4) is 34.3 Å². The van der Waals surface area contributed by atoms with E-state index in [2.05, 4.69) is 19.9 Å². The molecule has 2 N–H and O–H groups in total. The zero-order valence-corrected chi connectivity index (χ0v) is 19.7. The van der Waals surface area contributed by atoms with E-state index in [9.17, 15) is 4.79 Å². The van der Waals surface area contributed by atoms with E-state index in [0.29, 0.717) is 46.6 Å². The van der Waals surface area contributed by atoms with Crippen molar-refractivity contribution in [2.75, 3.05) is 7.11 Å². The van der Waals surface area contributed by atoms with E-state index < -0.39 is 5.97 Å². The van der Waals surface area contributed by atoms with Crippen LogP contribution in [0.15, 0.2) is 48.7 Å². The number of pyridine rings is 2. The van der Waals surface area contributed by atoms with E-state index in [1.54, 1.807) is 19.4 Å². The van der Waals surface area contributed by atoms with Gasteiger partial charge < -0.3 is 19.6 Å². The number of carbonyl (C=O) groups is 1. The van der Waals surface area contributed by atoms with Gasteiger partial charge in [0.15, 0.2) is 5.65 Å². The molecule has 0 aliphatic heterocycles. The van der Waals surface area contributed by atoms with Gasteiger partial charge in [0.2, 0.25) is 5.88 Å². The number of methoxy groups -OCH3 is 1. The molecule has 4 rings (SSSR count). The summed E-state index contributed by atoms with van der Waals surface area (Å²) in [6.45, 7) is 1.99. The molecule has 0 spiro atoms. The van der Waals surface area contributed by atoms with Crippen LogP contribution in [0.3, 0.4) is 0 Å². The number of rotatable bonds is 10. The predicted octanol–water partition coefficient (Wildman–Crippen LogP) is 5.76. The molecule has 0 aliphatic rings. The van der Waals surface area contributed by atoms with Crippen molar-refractivity contribution in [3.05, 3.63) is 53.7 Å². The highest BCUT2D eigenvalue weighted by molar-refractivity contribution is 6.33. The molecule has 1 unspecified atom stereocenters. The first-order valence-electron chi connectivity index (χ1n) is 11.0. The van der Waals surface area contributed by atoms with E-state index in [1.165, 1.54) is 0 Å². The van der Waals surface area contributed by atoms with Crippen LogP contribution in [-0.2, 0) is 4.79 Å². The predicted molar refractivity (Wildman–Crippen MR) is 130 cm³/mol. The number of aromatic nitrogens is 4. The minimum absolute atomic E-state index is 0.118. The third-order valence-corrected chi connectivity index (χ3v) is 5.78. The summed E-state index contributed by atoms with van der Waals surface area (Å²) < 4.78 is 11.3. The number of ether oxygens (including phenoxy) is 2. The molecule has 3 aromatic heterocycles. The number of H-pyrrole nitrogens is 1. The van der Waals surface area contributed by atoms with Gasteiger partial charge in [-0.25, -0.2) is 9.97 Å². The number of nitrogens with zero attached hydrogens (tertiary/aromatic N) is 3. The number of carboxylic acid groups (broad SMARTS) is 1. The summed E-state index contributed by atoms with van der Waals surface area (Å²) >= 11 is 6.55. The largest absolute Gasteiger partial charge is 0.481 e. The molecule has 176 valence electrons. The van der Waals surface area contributed by atoms with Crippen LogP contribution in [-0.4, -0.2) is 44.2 Å². The fraction of sp³-hybridized carbons (Fsp3) is 0.280. The van der Waals surface area contributed by atoms with Crippen LogP contribution in [0.5, 0.6) is 11.9 Å². The summed E-state index contributed by atoms with van der Waals surface area (Å²) in [5, 5.41) is 9.33. The van der Waals surface area contributed by atoms with Gasteiger partial charge in [-0.15, -0.1) is 0 Å². The SMILES string of the molecule is CCC(CCCC(=O)O)Oc1nc2nc(-c3ccc(-c4cccnc4OC)cc3)c(Cl)cc2[nH]1. The number of imidazole rings is 1. The molecule has 0 fully saturated rings. The standard InChI is InChI=1S/C25H25ClN4O4/c1-3-17(6-4-8-21(31)32)34-25-28-20-14-19(26)22(29-23(20)30-25)16-11-9-15(10-12-16)18-7-5-13-27-24(18)33-2/h5,7,9-14,17H,3-4,6,8H2,1-2H3,(H,31,32)(H,28,29,30). The van der Waals surface area contributed by atoms with E-state index in [4.69, 9.17) is 26.2 Å². The Morgan fingerprint density at radius 1 is 1.18 bits per heavy atom. The number of nitrogens with one attached hydrogen (secondary N) is 1. The Balaban J connectivity index is 1.55. The van der Waals surface area contributed by atoms with Crippen LogP contribution in [0, 0.1) is 0 Å². The zero-order chi connectivity index (χ0) is 24.1. The molecular formula is C25H25ClN4O4. The Hall–Kier alpha value is -3.65. The highest BCUT2D eigenvalue weighted by Crippen LogP contribution is 2.33. The molecule has 4 aromatic rings. The van der Waals surface area contributed by atoms with Crippen molar-refractivity contribution in [1.82, 2.24) is 19.9 Å². The summed E-state index contributed by atoms with van der Waals surface area (Å²) in [5.41, 5.74) is 4.49. The van der Waals surface area contributed by atoms with Crippen LogP contribution in [0.1, 0.15) is 32.6 Å². The quantitative estimate of drug-likeness (QED) is 0.297. The van der Waals surface area contributed by atoms with Crippen LogP contribution in [0.2, 0.25) is 5.02 Å². The molecule has 0 amide bonds. The molecule has 0 saturated heterocycles. The van der Waals surface area contributed by atoms with E-state index in [-0.39, 0.29) is 12.5 Å². The van der Waals surface area contributed by atoms with Gasteiger partial charge in [-0.1, -0.05) is 42.8 Å². The monoisotopic (exact) mass is 480 g/mol. The molecule has 0 radical (unpaired) electrons. The van der Waals surface area contributed by atoms with Crippen molar-refractivity contribution < 1.29 is 19.4 Å². The van der Waals surface area contributed by atoms with Crippen molar-refractivity contribution in [1.29, 1.82) is 0 Å². The van der Waals surface area contributed by atoms with E-state index in [0.717, 1.165) is 23.1 Å². The smallest absolute Gasteiger partial charge is 0.303 e. The number of carboxylic acids is 1.